The molecule has 1 saturated carbocycles. The minimum absolute atomic E-state index is 0.749. The van der Waals surface area contributed by atoms with Gasteiger partial charge in [-0.1, -0.05) is 18.9 Å². The van der Waals surface area contributed by atoms with E-state index in [1.807, 2.05) is 18.2 Å². The van der Waals surface area contributed by atoms with Gasteiger partial charge >= 0.3 is 0 Å². The van der Waals surface area contributed by atoms with E-state index >= 15 is 0 Å². The average molecular weight is 220 g/mol. The summed E-state index contributed by atoms with van der Waals surface area (Å²) in [4.78, 5) is 0. The van der Waals surface area contributed by atoms with Crippen molar-refractivity contribution in [3.05, 3.63) is 23.8 Å². The lowest BCUT2D eigenvalue weighted by Gasteiger charge is -2.10. The van der Waals surface area contributed by atoms with Crippen LogP contribution < -0.4 is 15.8 Å². The van der Waals surface area contributed by atoms with Crippen molar-refractivity contribution in [3.8, 4) is 5.75 Å². The number of methoxy groups -OCH3 is 1. The standard InChI is InChI=1S/C13H20N2O/c1-16-13-8-12(14)5-4-11(13)9-15-7-6-10-2-3-10/h4-5,8,10,15H,2-3,6-7,9,14H2,1H3. The molecule has 0 amide bonds. The lowest BCUT2D eigenvalue weighted by Crippen LogP contribution is -2.15. The summed E-state index contributed by atoms with van der Waals surface area (Å²) in [5.41, 5.74) is 7.63. The second-order valence-corrected chi connectivity index (χ2v) is 4.48. The van der Waals surface area contributed by atoms with Crippen molar-refractivity contribution in [2.45, 2.75) is 25.8 Å². The largest absolute Gasteiger partial charge is 0.496 e. The predicted molar refractivity (Wildman–Crippen MR) is 66.5 cm³/mol. The van der Waals surface area contributed by atoms with E-state index in [1.165, 1.54) is 24.8 Å². The van der Waals surface area contributed by atoms with Crippen molar-refractivity contribution in [1.82, 2.24) is 5.32 Å². The number of benzene rings is 1. The third-order valence-corrected chi connectivity index (χ3v) is 3.05. The molecular formula is C13H20N2O. The van der Waals surface area contributed by atoms with Gasteiger partial charge in [0.15, 0.2) is 0 Å². The SMILES string of the molecule is COc1cc(N)ccc1CNCCC1CC1. The topological polar surface area (TPSA) is 47.3 Å². The monoisotopic (exact) mass is 220 g/mol. The number of nitrogens with two attached hydrogens (primary N) is 1. The molecule has 0 radical (unpaired) electrons. The molecule has 1 aromatic rings. The van der Waals surface area contributed by atoms with Crippen molar-refractivity contribution in [2.75, 3.05) is 19.4 Å². The van der Waals surface area contributed by atoms with Gasteiger partial charge in [-0.3, -0.25) is 0 Å². The molecule has 0 aliphatic heterocycles. The van der Waals surface area contributed by atoms with Crippen molar-refractivity contribution in [3.63, 3.8) is 0 Å². The summed E-state index contributed by atoms with van der Waals surface area (Å²) >= 11 is 0. The number of hydrogen-bond acceptors (Lipinski definition) is 3. The van der Waals surface area contributed by atoms with Gasteiger partial charge in [-0.2, -0.15) is 0 Å². The van der Waals surface area contributed by atoms with Crippen LogP contribution >= 0.6 is 0 Å². The third kappa shape index (κ3) is 3.14. The molecule has 0 unspecified atom stereocenters. The van der Waals surface area contributed by atoms with Gasteiger partial charge in [0.2, 0.25) is 0 Å². The summed E-state index contributed by atoms with van der Waals surface area (Å²) in [5.74, 6) is 1.86. The molecule has 88 valence electrons. The molecule has 0 saturated heterocycles. The Labute approximate surface area is 97.0 Å². The van der Waals surface area contributed by atoms with Gasteiger partial charge in [0.05, 0.1) is 7.11 Å². The molecule has 1 aromatic carbocycles. The predicted octanol–water partition coefficient (Wildman–Crippen LogP) is 2.17. The molecule has 0 bridgehead atoms. The van der Waals surface area contributed by atoms with Crippen LogP contribution in [-0.2, 0) is 6.54 Å². The van der Waals surface area contributed by atoms with Crippen LogP contribution in [0.2, 0.25) is 0 Å². The Morgan fingerprint density at radius 2 is 2.25 bits per heavy atom. The van der Waals surface area contributed by atoms with Crippen molar-refractivity contribution in [1.29, 1.82) is 0 Å². The minimum Gasteiger partial charge on any atom is -0.496 e. The Bertz CT molecular complexity index is 348. The van der Waals surface area contributed by atoms with Crippen LogP contribution in [0.4, 0.5) is 5.69 Å². The van der Waals surface area contributed by atoms with E-state index in [0.29, 0.717) is 0 Å². The van der Waals surface area contributed by atoms with E-state index in [9.17, 15) is 0 Å². The Morgan fingerprint density at radius 3 is 2.94 bits per heavy atom. The number of hydrogen-bond donors (Lipinski definition) is 2. The zero-order valence-corrected chi connectivity index (χ0v) is 9.83. The lowest BCUT2D eigenvalue weighted by atomic mass is 10.1. The Balaban J connectivity index is 1.82. The molecule has 16 heavy (non-hydrogen) atoms. The second kappa shape index (κ2) is 5.21. The maximum Gasteiger partial charge on any atom is 0.125 e. The zero-order valence-electron chi connectivity index (χ0n) is 9.83. The summed E-state index contributed by atoms with van der Waals surface area (Å²) in [6, 6.07) is 5.82. The number of nitrogens with one attached hydrogen (secondary N) is 1. The van der Waals surface area contributed by atoms with Crippen LogP contribution in [-0.4, -0.2) is 13.7 Å². The highest BCUT2D eigenvalue weighted by Gasteiger charge is 2.19. The fraction of sp³-hybridized carbons (Fsp3) is 0.538. The molecule has 3 heteroatoms. The highest BCUT2D eigenvalue weighted by molar-refractivity contribution is 5.48. The molecule has 0 aromatic heterocycles. The smallest absolute Gasteiger partial charge is 0.125 e. The van der Waals surface area contributed by atoms with Crippen LogP contribution in [0.5, 0.6) is 5.75 Å². The number of nitrogen functional groups attached to an aromatic ring is 1. The first-order chi connectivity index (χ1) is 7.79. The Hall–Kier alpha value is -1.22. The van der Waals surface area contributed by atoms with Crippen LogP contribution in [0.3, 0.4) is 0 Å². The van der Waals surface area contributed by atoms with Gasteiger partial charge in [-0.25, -0.2) is 0 Å². The quantitative estimate of drug-likeness (QED) is 0.570. The first-order valence-corrected chi connectivity index (χ1v) is 5.92. The fourth-order valence-electron chi connectivity index (χ4n) is 1.84. The maximum atomic E-state index is 5.71. The Kier molecular flexibility index (Phi) is 3.67. The van der Waals surface area contributed by atoms with Gasteiger partial charge < -0.3 is 15.8 Å². The minimum atomic E-state index is 0.749. The highest BCUT2D eigenvalue weighted by atomic mass is 16.5. The summed E-state index contributed by atoms with van der Waals surface area (Å²) < 4.78 is 5.30. The van der Waals surface area contributed by atoms with E-state index < -0.39 is 0 Å². The molecule has 2 rings (SSSR count). The summed E-state index contributed by atoms with van der Waals surface area (Å²) in [6.45, 7) is 1.95. The zero-order chi connectivity index (χ0) is 11.4. The van der Waals surface area contributed by atoms with E-state index in [4.69, 9.17) is 10.5 Å². The van der Waals surface area contributed by atoms with Crippen LogP contribution in [0.1, 0.15) is 24.8 Å². The molecular weight excluding hydrogens is 200 g/mol. The normalized spacial score (nSPS) is 15.1. The van der Waals surface area contributed by atoms with Crippen molar-refractivity contribution < 1.29 is 4.74 Å². The highest BCUT2D eigenvalue weighted by Crippen LogP contribution is 2.31. The molecule has 1 aliphatic carbocycles. The Morgan fingerprint density at radius 1 is 1.44 bits per heavy atom. The van der Waals surface area contributed by atoms with Crippen LogP contribution in [0, 0.1) is 5.92 Å². The molecule has 3 nitrogen and oxygen atoms in total. The lowest BCUT2D eigenvalue weighted by molar-refractivity contribution is 0.407. The summed E-state index contributed by atoms with van der Waals surface area (Å²) in [7, 11) is 1.68. The number of rotatable bonds is 6. The molecule has 0 spiro atoms. The van der Waals surface area contributed by atoms with Crippen LogP contribution in [0.25, 0.3) is 0 Å². The van der Waals surface area contributed by atoms with E-state index in [1.54, 1.807) is 7.11 Å². The average Bonchev–Trinajstić information content (AvgIpc) is 3.09. The van der Waals surface area contributed by atoms with E-state index in [0.717, 1.165) is 30.4 Å². The molecule has 1 fully saturated rings. The van der Waals surface area contributed by atoms with Gasteiger partial charge in [-0.05, 0) is 24.9 Å². The summed E-state index contributed by atoms with van der Waals surface area (Å²) in [5, 5.41) is 3.45. The van der Waals surface area contributed by atoms with Gasteiger partial charge in [0, 0.05) is 23.9 Å². The summed E-state index contributed by atoms with van der Waals surface area (Å²) in [6.07, 6.45) is 4.15. The molecule has 3 N–H and O–H groups in total. The van der Waals surface area contributed by atoms with Gasteiger partial charge in [0.25, 0.3) is 0 Å². The third-order valence-electron chi connectivity index (χ3n) is 3.05. The van der Waals surface area contributed by atoms with Gasteiger partial charge in [0.1, 0.15) is 5.75 Å². The molecule has 0 atom stereocenters. The number of anilines is 1. The van der Waals surface area contributed by atoms with Crippen molar-refractivity contribution in [2.24, 2.45) is 5.92 Å². The molecule has 1 aliphatic rings. The van der Waals surface area contributed by atoms with Crippen molar-refractivity contribution >= 4 is 5.69 Å². The molecule has 0 heterocycles. The maximum absolute atomic E-state index is 5.71. The van der Waals surface area contributed by atoms with E-state index in [2.05, 4.69) is 5.32 Å². The second-order valence-electron chi connectivity index (χ2n) is 4.48. The van der Waals surface area contributed by atoms with Crippen LogP contribution in [0.15, 0.2) is 18.2 Å². The fourth-order valence-corrected chi connectivity index (χ4v) is 1.84. The number of ether oxygens (including phenoxy) is 1. The first-order valence-electron chi connectivity index (χ1n) is 5.92. The van der Waals surface area contributed by atoms with Gasteiger partial charge in [-0.15, -0.1) is 0 Å². The van der Waals surface area contributed by atoms with E-state index in [-0.39, 0.29) is 0 Å². The first kappa shape index (κ1) is 11.3.